The van der Waals surface area contributed by atoms with Crippen molar-refractivity contribution < 1.29 is 18.0 Å². The Morgan fingerprint density at radius 3 is 2.57 bits per heavy atom. The molecule has 1 heterocycles. The fourth-order valence-electron chi connectivity index (χ4n) is 2.52. The Balaban J connectivity index is 1.71. The van der Waals surface area contributed by atoms with E-state index in [1.54, 1.807) is 0 Å². The van der Waals surface area contributed by atoms with Gasteiger partial charge in [0.15, 0.2) is 0 Å². The topological polar surface area (TPSA) is 81.6 Å². The zero-order chi connectivity index (χ0) is 20.1. The zero-order valence-corrected chi connectivity index (χ0v) is 14.4. The van der Waals surface area contributed by atoms with E-state index >= 15 is 0 Å². The highest BCUT2D eigenvalue weighted by Gasteiger charge is 2.30. The van der Waals surface area contributed by atoms with Crippen LogP contribution in [0.5, 0.6) is 0 Å². The van der Waals surface area contributed by atoms with Gasteiger partial charge in [0.2, 0.25) is 5.78 Å². The molecular formula is C20H15F3N4O. The maximum Gasteiger partial charge on any atom is 0.416 e. The summed E-state index contributed by atoms with van der Waals surface area (Å²) in [5, 5.41) is 17.4. The standard InChI is InChI=1S/C20H15F3N4O/c21-20(22,23)14-7-4-8-15(11-14)25-10-9-17(28)18(24)16-12-26-27-19(16)13-5-2-1-3-6-13/h1-12,24-25H,(H,26,27)/b10-9-,24-18?. The maximum atomic E-state index is 12.7. The van der Waals surface area contributed by atoms with Crippen LogP contribution in [0.2, 0.25) is 0 Å². The van der Waals surface area contributed by atoms with Gasteiger partial charge in [-0.3, -0.25) is 15.3 Å². The number of carbonyl (C=O) groups is 1. The smallest absolute Gasteiger partial charge is 0.362 e. The van der Waals surface area contributed by atoms with Crippen molar-refractivity contribution in [3.8, 4) is 11.3 Å². The first-order chi connectivity index (χ1) is 13.4. The Morgan fingerprint density at radius 2 is 1.86 bits per heavy atom. The number of benzene rings is 2. The third-order valence-corrected chi connectivity index (χ3v) is 3.89. The summed E-state index contributed by atoms with van der Waals surface area (Å²) in [6.45, 7) is 0. The van der Waals surface area contributed by atoms with Crippen LogP contribution in [0.15, 0.2) is 73.1 Å². The second-order valence-corrected chi connectivity index (χ2v) is 5.82. The normalized spacial score (nSPS) is 11.5. The summed E-state index contributed by atoms with van der Waals surface area (Å²) >= 11 is 0. The molecule has 2 aromatic carbocycles. The van der Waals surface area contributed by atoms with Crippen LogP contribution < -0.4 is 5.32 Å². The maximum absolute atomic E-state index is 12.7. The molecule has 1 aromatic heterocycles. The van der Waals surface area contributed by atoms with E-state index in [2.05, 4.69) is 15.5 Å². The van der Waals surface area contributed by atoms with Crippen LogP contribution in [-0.4, -0.2) is 21.7 Å². The molecule has 0 atom stereocenters. The highest BCUT2D eigenvalue weighted by Crippen LogP contribution is 2.30. The summed E-state index contributed by atoms with van der Waals surface area (Å²) in [7, 11) is 0. The lowest BCUT2D eigenvalue weighted by molar-refractivity contribution is -0.137. The van der Waals surface area contributed by atoms with E-state index in [9.17, 15) is 18.0 Å². The molecule has 28 heavy (non-hydrogen) atoms. The zero-order valence-electron chi connectivity index (χ0n) is 14.4. The number of ketones is 1. The number of H-pyrrole nitrogens is 1. The van der Waals surface area contributed by atoms with Gasteiger partial charge in [0.05, 0.1) is 17.5 Å². The average molecular weight is 384 g/mol. The SMILES string of the molecule is N=C(C(=O)/C=C\Nc1cccc(C(F)(F)F)c1)c1cn[nH]c1-c1ccccc1. The molecule has 3 rings (SSSR count). The lowest BCUT2D eigenvalue weighted by Crippen LogP contribution is -2.12. The van der Waals surface area contributed by atoms with Crippen molar-refractivity contribution in [1.82, 2.24) is 10.2 Å². The third kappa shape index (κ3) is 4.35. The minimum Gasteiger partial charge on any atom is -0.362 e. The lowest BCUT2D eigenvalue weighted by atomic mass is 10.0. The van der Waals surface area contributed by atoms with Gasteiger partial charge in [0.1, 0.15) is 5.71 Å². The molecule has 0 saturated carbocycles. The van der Waals surface area contributed by atoms with Crippen LogP contribution in [0.1, 0.15) is 11.1 Å². The van der Waals surface area contributed by atoms with Gasteiger partial charge >= 0.3 is 6.18 Å². The molecule has 0 aliphatic rings. The molecule has 0 aliphatic heterocycles. The molecule has 8 heteroatoms. The molecule has 142 valence electrons. The first kappa shape index (κ1) is 19.1. The summed E-state index contributed by atoms with van der Waals surface area (Å²) in [4.78, 5) is 12.3. The highest BCUT2D eigenvalue weighted by molar-refractivity contribution is 6.49. The van der Waals surface area contributed by atoms with Crippen molar-refractivity contribution in [2.45, 2.75) is 6.18 Å². The Bertz CT molecular complexity index is 1020. The Hall–Kier alpha value is -3.68. The quantitative estimate of drug-likeness (QED) is 0.427. The van der Waals surface area contributed by atoms with Crippen molar-refractivity contribution in [1.29, 1.82) is 5.41 Å². The second-order valence-electron chi connectivity index (χ2n) is 5.82. The predicted molar refractivity (Wildman–Crippen MR) is 100 cm³/mol. The summed E-state index contributed by atoms with van der Waals surface area (Å²) in [5.74, 6) is -0.613. The van der Waals surface area contributed by atoms with Crippen LogP contribution in [0.25, 0.3) is 11.3 Å². The third-order valence-electron chi connectivity index (χ3n) is 3.89. The number of halogens is 3. The fraction of sp³-hybridized carbons (Fsp3) is 0.0500. The van der Waals surface area contributed by atoms with Crippen molar-refractivity contribution in [2.75, 3.05) is 5.32 Å². The first-order valence-electron chi connectivity index (χ1n) is 8.18. The van der Waals surface area contributed by atoms with E-state index in [0.29, 0.717) is 11.3 Å². The Labute approximate surface area is 158 Å². The number of alkyl halides is 3. The average Bonchev–Trinajstić information content (AvgIpc) is 3.17. The lowest BCUT2D eigenvalue weighted by Gasteiger charge is -2.08. The van der Waals surface area contributed by atoms with Gasteiger partial charge in [-0.25, -0.2) is 0 Å². The van der Waals surface area contributed by atoms with Gasteiger partial charge in [-0.05, 0) is 18.2 Å². The predicted octanol–water partition coefficient (Wildman–Crippen LogP) is 4.66. The molecule has 0 aliphatic carbocycles. The van der Waals surface area contributed by atoms with Gasteiger partial charge in [-0.2, -0.15) is 18.3 Å². The Morgan fingerprint density at radius 1 is 1.11 bits per heavy atom. The number of hydrogen-bond donors (Lipinski definition) is 3. The first-order valence-corrected chi connectivity index (χ1v) is 8.18. The largest absolute Gasteiger partial charge is 0.416 e. The van der Waals surface area contributed by atoms with Crippen LogP contribution in [-0.2, 0) is 11.0 Å². The molecule has 5 nitrogen and oxygen atoms in total. The number of aromatic nitrogens is 2. The van der Waals surface area contributed by atoms with Gasteiger partial charge in [0.25, 0.3) is 0 Å². The highest BCUT2D eigenvalue weighted by atomic mass is 19.4. The molecule has 0 unspecified atom stereocenters. The van der Waals surface area contributed by atoms with E-state index in [0.717, 1.165) is 23.8 Å². The van der Waals surface area contributed by atoms with Crippen molar-refractivity contribution in [2.24, 2.45) is 0 Å². The van der Waals surface area contributed by atoms with Crippen LogP contribution in [0, 0.1) is 5.41 Å². The van der Waals surface area contributed by atoms with E-state index in [-0.39, 0.29) is 11.4 Å². The van der Waals surface area contributed by atoms with Gasteiger partial charge in [0, 0.05) is 29.1 Å². The van der Waals surface area contributed by atoms with Crippen LogP contribution in [0.4, 0.5) is 18.9 Å². The molecule has 0 bridgehead atoms. The number of nitrogens with zero attached hydrogens (tertiary/aromatic N) is 1. The fourth-order valence-corrected chi connectivity index (χ4v) is 2.52. The summed E-state index contributed by atoms with van der Waals surface area (Å²) in [6.07, 6.45) is -0.774. The van der Waals surface area contributed by atoms with Crippen molar-refractivity contribution in [3.63, 3.8) is 0 Å². The molecule has 3 aromatic rings. The van der Waals surface area contributed by atoms with E-state index in [4.69, 9.17) is 5.41 Å². The number of allylic oxidation sites excluding steroid dienone is 1. The second kappa shape index (κ2) is 7.91. The van der Waals surface area contributed by atoms with Crippen LogP contribution >= 0.6 is 0 Å². The van der Waals surface area contributed by atoms with Gasteiger partial charge < -0.3 is 5.32 Å². The number of anilines is 1. The molecule has 0 saturated heterocycles. The summed E-state index contributed by atoms with van der Waals surface area (Å²) < 4.78 is 38.2. The van der Waals surface area contributed by atoms with E-state index in [1.807, 2.05) is 30.3 Å². The molecule has 0 spiro atoms. The number of rotatable bonds is 6. The Kier molecular flexibility index (Phi) is 5.39. The van der Waals surface area contributed by atoms with Gasteiger partial charge in [-0.1, -0.05) is 36.4 Å². The number of carbonyl (C=O) groups excluding carboxylic acids is 1. The minimum atomic E-state index is -4.45. The van der Waals surface area contributed by atoms with E-state index in [1.165, 1.54) is 24.5 Å². The molecule has 0 fully saturated rings. The monoisotopic (exact) mass is 384 g/mol. The number of hydrogen-bond acceptors (Lipinski definition) is 4. The minimum absolute atomic E-state index is 0.179. The molecule has 0 amide bonds. The van der Waals surface area contributed by atoms with Gasteiger partial charge in [-0.15, -0.1) is 0 Å². The molecule has 0 radical (unpaired) electrons. The summed E-state index contributed by atoms with van der Waals surface area (Å²) in [5.41, 5.74) is 0.751. The number of nitrogens with one attached hydrogen (secondary N) is 3. The summed E-state index contributed by atoms with van der Waals surface area (Å²) in [6, 6.07) is 13.7. The molecule has 3 N–H and O–H groups in total. The van der Waals surface area contributed by atoms with E-state index < -0.39 is 17.5 Å². The van der Waals surface area contributed by atoms with Crippen molar-refractivity contribution in [3.05, 3.63) is 84.2 Å². The van der Waals surface area contributed by atoms with Crippen LogP contribution in [0.3, 0.4) is 0 Å². The molecular weight excluding hydrogens is 369 g/mol. The number of aromatic amines is 1. The van der Waals surface area contributed by atoms with Crippen molar-refractivity contribution >= 4 is 17.2 Å².